The van der Waals surface area contributed by atoms with Crippen molar-refractivity contribution in [2.45, 2.75) is 25.2 Å². The van der Waals surface area contributed by atoms with Gasteiger partial charge in [-0.15, -0.1) is 11.3 Å². The van der Waals surface area contributed by atoms with Gasteiger partial charge in [0.25, 0.3) is 0 Å². The highest BCUT2D eigenvalue weighted by molar-refractivity contribution is 7.89. The lowest BCUT2D eigenvalue weighted by molar-refractivity contribution is -0.115. The van der Waals surface area contributed by atoms with Gasteiger partial charge in [0.1, 0.15) is 5.01 Å². The number of nitrogens with zero attached hydrogens (tertiary/aromatic N) is 3. The van der Waals surface area contributed by atoms with Crippen molar-refractivity contribution >= 4 is 33.0 Å². The molecule has 0 aliphatic carbocycles. The van der Waals surface area contributed by atoms with E-state index in [1.165, 1.54) is 21.2 Å². The van der Waals surface area contributed by atoms with Gasteiger partial charge in [0.15, 0.2) is 0 Å². The number of piperazine rings is 1. The molecule has 0 radical (unpaired) electrons. The monoisotopic (exact) mass is 484 g/mol. The van der Waals surface area contributed by atoms with Gasteiger partial charge >= 0.3 is 0 Å². The van der Waals surface area contributed by atoms with Crippen molar-refractivity contribution in [3.8, 4) is 10.6 Å². The summed E-state index contributed by atoms with van der Waals surface area (Å²) in [4.78, 5) is 19.5. The number of anilines is 1. The summed E-state index contributed by atoms with van der Waals surface area (Å²) in [5, 5.41) is 5.60. The predicted molar refractivity (Wildman–Crippen MR) is 132 cm³/mol. The number of benzene rings is 2. The summed E-state index contributed by atoms with van der Waals surface area (Å²) < 4.78 is 27.3. The van der Waals surface area contributed by atoms with Crippen molar-refractivity contribution in [1.82, 2.24) is 14.2 Å². The summed E-state index contributed by atoms with van der Waals surface area (Å²) in [6.45, 7) is 7.51. The summed E-state index contributed by atoms with van der Waals surface area (Å²) >= 11 is 1.51. The molecule has 0 bridgehead atoms. The number of carbonyl (C=O) groups is 1. The van der Waals surface area contributed by atoms with Gasteiger partial charge in [0.2, 0.25) is 15.9 Å². The third-order valence-electron chi connectivity index (χ3n) is 5.75. The van der Waals surface area contributed by atoms with Crippen molar-refractivity contribution in [2.75, 3.05) is 38.0 Å². The lowest BCUT2D eigenvalue weighted by Gasteiger charge is -2.33. The number of carbonyl (C=O) groups excluding carboxylic acids is 1. The minimum absolute atomic E-state index is 0.157. The highest BCUT2D eigenvalue weighted by atomic mass is 32.2. The number of nitrogens with one attached hydrogen (secondary N) is 1. The van der Waals surface area contributed by atoms with Gasteiger partial charge in [-0.05, 0) is 37.7 Å². The van der Waals surface area contributed by atoms with Crippen LogP contribution < -0.4 is 5.32 Å². The average molecular weight is 485 g/mol. The highest BCUT2D eigenvalue weighted by Crippen LogP contribution is 2.25. The van der Waals surface area contributed by atoms with Crippen molar-refractivity contribution in [1.29, 1.82) is 0 Å². The second-order valence-corrected chi connectivity index (χ2v) is 10.9. The second-order valence-electron chi connectivity index (χ2n) is 8.10. The largest absolute Gasteiger partial charge is 0.326 e. The van der Waals surface area contributed by atoms with Crippen LogP contribution >= 0.6 is 11.3 Å². The van der Waals surface area contributed by atoms with Crippen molar-refractivity contribution < 1.29 is 13.2 Å². The van der Waals surface area contributed by atoms with E-state index in [4.69, 9.17) is 0 Å². The molecule has 0 atom stereocenters. The number of rotatable bonds is 7. The molecule has 1 aromatic heterocycles. The van der Waals surface area contributed by atoms with Gasteiger partial charge in [0.05, 0.1) is 17.0 Å². The molecular weight excluding hydrogens is 456 g/mol. The van der Waals surface area contributed by atoms with Crippen LogP contribution in [0, 0.1) is 6.92 Å². The highest BCUT2D eigenvalue weighted by Gasteiger charge is 2.27. The van der Waals surface area contributed by atoms with Gasteiger partial charge < -0.3 is 10.2 Å². The van der Waals surface area contributed by atoms with E-state index in [0.29, 0.717) is 24.5 Å². The molecule has 1 saturated heterocycles. The molecule has 2 aromatic carbocycles. The normalized spacial score (nSPS) is 15.5. The van der Waals surface area contributed by atoms with Gasteiger partial charge in [-0.1, -0.05) is 36.8 Å². The molecule has 0 spiro atoms. The number of thiazole rings is 1. The van der Waals surface area contributed by atoms with Crippen LogP contribution in [0.4, 0.5) is 5.69 Å². The van der Waals surface area contributed by atoms with Crippen LogP contribution in [0.2, 0.25) is 0 Å². The van der Waals surface area contributed by atoms with Gasteiger partial charge in [-0.25, -0.2) is 13.4 Å². The minimum Gasteiger partial charge on any atom is -0.326 e. The molecule has 33 heavy (non-hydrogen) atoms. The molecule has 3 aromatic rings. The van der Waals surface area contributed by atoms with Crippen LogP contribution in [0.3, 0.4) is 0 Å². The Kier molecular flexibility index (Phi) is 7.23. The first-order valence-electron chi connectivity index (χ1n) is 11.0. The third-order valence-corrected chi connectivity index (χ3v) is 8.60. The quantitative estimate of drug-likeness (QED) is 0.554. The van der Waals surface area contributed by atoms with E-state index in [2.05, 4.69) is 22.1 Å². The molecule has 1 amide bonds. The van der Waals surface area contributed by atoms with E-state index >= 15 is 0 Å². The fraction of sp³-hybridized carbons (Fsp3) is 0.333. The maximum absolute atomic E-state index is 12.9. The summed E-state index contributed by atoms with van der Waals surface area (Å²) in [5.41, 5.74) is 3.49. The molecule has 0 saturated carbocycles. The van der Waals surface area contributed by atoms with Gasteiger partial charge in [0, 0.05) is 42.8 Å². The van der Waals surface area contributed by atoms with E-state index in [9.17, 15) is 13.2 Å². The lowest BCUT2D eigenvalue weighted by Crippen LogP contribution is -2.48. The maximum atomic E-state index is 12.9. The predicted octanol–water partition coefficient (Wildman–Crippen LogP) is 3.63. The smallest absolute Gasteiger partial charge is 0.243 e. The molecule has 1 aliphatic rings. The van der Waals surface area contributed by atoms with Crippen LogP contribution in [0.1, 0.15) is 18.2 Å². The Balaban J connectivity index is 1.35. The first kappa shape index (κ1) is 23.6. The van der Waals surface area contributed by atoms with E-state index in [-0.39, 0.29) is 17.2 Å². The van der Waals surface area contributed by atoms with E-state index in [1.807, 2.05) is 36.6 Å². The maximum Gasteiger partial charge on any atom is 0.243 e. The van der Waals surface area contributed by atoms with Crippen LogP contribution in [0.15, 0.2) is 58.8 Å². The summed E-state index contributed by atoms with van der Waals surface area (Å²) in [6.07, 6.45) is 0.157. The van der Waals surface area contributed by atoms with Crippen LogP contribution in [0.25, 0.3) is 10.6 Å². The Morgan fingerprint density at radius 3 is 2.33 bits per heavy atom. The molecule has 1 N–H and O–H groups in total. The number of sulfonamides is 1. The number of amides is 1. The van der Waals surface area contributed by atoms with Crippen LogP contribution in [-0.4, -0.2) is 61.2 Å². The molecule has 1 aliphatic heterocycles. The zero-order valence-electron chi connectivity index (χ0n) is 18.8. The number of aromatic nitrogens is 1. The summed E-state index contributed by atoms with van der Waals surface area (Å²) in [5.74, 6) is -0.193. The van der Waals surface area contributed by atoms with Crippen LogP contribution in [0.5, 0.6) is 0 Å². The molecule has 4 rings (SSSR count). The SMILES string of the molecule is CCN1CCN(S(=O)(=O)c2ccc(NC(=O)Cc3csc(-c4ccc(C)cc4)n3)cc2)CC1. The topological polar surface area (TPSA) is 82.6 Å². The molecule has 174 valence electrons. The Bertz CT molecular complexity index is 1200. The Morgan fingerprint density at radius 1 is 1.03 bits per heavy atom. The second kappa shape index (κ2) is 10.1. The summed E-state index contributed by atoms with van der Waals surface area (Å²) in [7, 11) is -3.53. The Labute approximate surface area is 199 Å². The zero-order valence-corrected chi connectivity index (χ0v) is 20.5. The first-order valence-corrected chi connectivity index (χ1v) is 13.3. The standard InChI is InChI=1S/C24H28N4O3S2/c1-3-27-12-14-28(15-13-27)33(30,31)22-10-8-20(9-11-22)25-23(29)16-21-17-32-24(26-21)19-6-4-18(2)5-7-19/h4-11,17H,3,12-16H2,1-2H3,(H,25,29). The number of hydrogen-bond acceptors (Lipinski definition) is 6. The van der Waals surface area contributed by atoms with Crippen molar-refractivity contribution in [2.24, 2.45) is 0 Å². The molecule has 9 heteroatoms. The van der Waals surface area contributed by atoms with E-state index < -0.39 is 10.0 Å². The molecule has 2 heterocycles. The molecule has 0 unspecified atom stereocenters. The summed E-state index contributed by atoms with van der Waals surface area (Å²) in [6, 6.07) is 14.5. The number of aryl methyl sites for hydroxylation is 1. The van der Waals surface area contributed by atoms with E-state index in [0.717, 1.165) is 30.2 Å². The van der Waals surface area contributed by atoms with Crippen molar-refractivity contribution in [3.05, 3.63) is 65.2 Å². The lowest BCUT2D eigenvalue weighted by atomic mass is 10.2. The minimum atomic E-state index is -3.53. The molecule has 7 nitrogen and oxygen atoms in total. The van der Waals surface area contributed by atoms with Crippen LogP contribution in [-0.2, 0) is 21.2 Å². The third kappa shape index (κ3) is 5.67. The fourth-order valence-corrected chi connectivity index (χ4v) is 5.98. The molecular formula is C24H28N4O3S2. The van der Waals surface area contributed by atoms with Gasteiger partial charge in [-0.3, -0.25) is 4.79 Å². The van der Waals surface area contributed by atoms with E-state index in [1.54, 1.807) is 24.3 Å². The fourth-order valence-electron chi connectivity index (χ4n) is 3.73. The van der Waals surface area contributed by atoms with Crippen molar-refractivity contribution in [3.63, 3.8) is 0 Å². The first-order chi connectivity index (χ1) is 15.8. The number of likely N-dealkylation sites (N-methyl/N-ethyl adjacent to an activating group) is 1. The Morgan fingerprint density at radius 2 is 1.70 bits per heavy atom. The Hall–Kier alpha value is -2.59. The average Bonchev–Trinajstić information content (AvgIpc) is 3.28. The number of hydrogen-bond donors (Lipinski definition) is 1. The zero-order chi connectivity index (χ0) is 23.4. The molecule has 1 fully saturated rings. The van der Waals surface area contributed by atoms with Gasteiger partial charge in [-0.2, -0.15) is 4.31 Å².